The third kappa shape index (κ3) is 2.38. The molecule has 2 aromatic heterocycles. The number of aromatic nitrogens is 2. The smallest absolute Gasteiger partial charge is 0.317 e. The van der Waals surface area contributed by atoms with E-state index in [1.54, 1.807) is 23.6 Å². The molecule has 2 aromatic rings. The van der Waals surface area contributed by atoms with Crippen molar-refractivity contribution in [3.05, 3.63) is 40.5 Å². The lowest BCUT2D eigenvalue weighted by Gasteiger charge is -2.35. The Morgan fingerprint density at radius 3 is 3.20 bits per heavy atom. The molecule has 20 heavy (non-hydrogen) atoms. The van der Waals surface area contributed by atoms with Crippen LogP contribution in [0.15, 0.2) is 30.0 Å². The number of anilines is 1. The Morgan fingerprint density at radius 1 is 1.55 bits per heavy atom. The lowest BCUT2D eigenvalue weighted by atomic mass is 9.98. The number of carbonyl (C=O) groups excluding carboxylic acids is 1. The second kappa shape index (κ2) is 5.58. The predicted molar refractivity (Wildman–Crippen MR) is 78.8 cm³/mol. The maximum atomic E-state index is 12.4. The fourth-order valence-electron chi connectivity index (χ4n) is 2.63. The van der Waals surface area contributed by atoms with Gasteiger partial charge < -0.3 is 4.90 Å². The van der Waals surface area contributed by atoms with E-state index in [2.05, 4.69) is 33.7 Å². The number of hydrogen-bond donors (Lipinski definition) is 1. The Kier molecular flexibility index (Phi) is 3.64. The van der Waals surface area contributed by atoms with E-state index in [-0.39, 0.29) is 12.1 Å². The maximum absolute atomic E-state index is 12.4. The van der Waals surface area contributed by atoms with Gasteiger partial charge >= 0.3 is 6.03 Å². The van der Waals surface area contributed by atoms with Crippen LogP contribution >= 0.6 is 11.3 Å². The van der Waals surface area contributed by atoms with Crippen LogP contribution in [0.5, 0.6) is 0 Å². The molecule has 0 saturated heterocycles. The molecule has 1 atom stereocenters. The number of carbonyl (C=O) groups is 1. The van der Waals surface area contributed by atoms with E-state index in [0.717, 1.165) is 19.4 Å². The number of hydrogen-bond acceptors (Lipinski definition) is 4. The lowest BCUT2D eigenvalue weighted by Crippen LogP contribution is -2.42. The summed E-state index contributed by atoms with van der Waals surface area (Å²) in [6.07, 6.45) is 4.90. The lowest BCUT2D eigenvalue weighted by molar-refractivity contribution is 0.181. The van der Waals surface area contributed by atoms with Crippen molar-refractivity contribution in [3.8, 4) is 0 Å². The predicted octanol–water partition coefficient (Wildman–Crippen LogP) is 3.08. The summed E-state index contributed by atoms with van der Waals surface area (Å²) in [5.41, 5.74) is 1.29. The van der Waals surface area contributed by atoms with Crippen LogP contribution < -0.4 is 5.32 Å². The number of thiophene rings is 1. The van der Waals surface area contributed by atoms with Crippen molar-refractivity contribution in [3.63, 3.8) is 0 Å². The number of nitrogens with zero attached hydrogens (tertiary/aromatic N) is 3. The molecule has 3 rings (SSSR count). The zero-order valence-corrected chi connectivity index (χ0v) is 12.1. The summed E-state index contributed by atoms with van der Waals surface area (Å²) in [5.74, 6) is 0.538. The summed E-state index contributed by atoms with van der Waals surface area (Å²) in [6, 6.07) is 3.90. The summed E-state index contributed by atoms with van der Waals surface area (Å²) < 4.78 is 0. The van der Waals surface area contributed by atoms with Gasteiger partial charge in [0.15, 0.2) is 0 Å². The van der Waals surface area contributed by atoms with Crippen molar-refractivity contribution in [2.75, 3.05) is 11.9 Å². The van der Waals surface area contributed by atoms with Crippen LogP contribution in [-0.2, 0) is 6.42 Å². The third-order valence-electron chi connectivity index (χ3n) is 3.56. The molecule has 0 radical (unpaired) electrons. The normalized spacial score (nSPS) is 17.6. The second-order valence-corrected chi connectivity index (χ2v) is 5.69. The van der Waals surface area contributed by atoms with Crippen LogP contribution in [0.1, 0.15) is 29.8 Å². The first-order valence-electron chi connectivity index (χ1n) is 6.69. The highest BCUT2D eigenvalue weighted by Crippen LogP contribution is 2.35. The van der Waals surface area contributed by atoms with E-state index < -0.39 is 0 Å². The quantitative estimate of drug-likeness (QED) is 0.924. The molecule has 3 heterocycles. The van der Waals surface area contributed by atoms with Crippen molar-refractivity contribution in [1.82, 2.24) is 14.9 Å². The monoisotopic (exact) mass is 288 g/mol. The highest BCUT2D eigenvalue weighted by Gasteiger charge is 2.30. The zero-order chi connectivity index (χ0) is 13.9. The Balaban J connectivity index is 1.78. The topological polar surface area (TPSA) is 58.1 Å². The summed E-state index contributed by atoms with van der Waals surface area (Å²) >= 11 is 1.78. The summed E-state index contributed by atoms with van der Waals surface area (Å²) in [4.78, 5) is 23.6. The van der Waals surface area contributed by atoms with Crippen molar-refractivity contribution < 1.29 is 4.79 Å². The van der Waals surface area contributed by atoms with Crippen LogP contribution in [0.3, 0.4) is 0 Å². The molecule has 0 aromatic carbocycles. The standard InChI is InChI=1S/C14H16N4OS/c1-2-11-10-5-8-20-12(10)4-7-18(11)14(19)17-13-3-6-15-9-16-13/h3,5-6,8-9,11H,2,4,7H2,1H3,(H,15,16,17,19)/t11-/m1/s1. The second-order valence-electron chi connectivity index (χ2n) is 4.69. The van der Waals surface area contributed by atoms with Gasteiger partial charge in [-0.15, -0.1) is 11.3 Å². The van der Waals surface area contributed by atoms with Crippen LogP contribution in [0.4, 0.5) is 10.6 Å². The van der Waals surface area contributed by atoms with Gasteiger partial charge in [0, 0.05) is 17.6 Å². The van der Waals surface area contributed by atoms with Crippen LogP contribution in [0.2, 0.25) is 0 Å². The van der Waals surface area contributed by atoms with Gasteiger partial charge in [0.25, 0.3) is 0 Å². The molecule has 104 valence electrons. The molecular formula is C14H16N4OS. The fourth-order valence-corrected chi connectivity index (χ4v) is 3.55. The maximum Gasteiger partial charge on any atom is 0.323 e. The van der Waals surface area contributed by atoms with E-state index in [9.17, 15) is 4.79 Å². The molecule has 0 aliphatic carbocycles. The Bertz CT molecular complexity index is 598. The molecule has 0 fully saturated rings. The number of rotatable bonds is 2. The van der Waals surface area contributed by atoms with Crippen LogP contribution in [0.25, 0.3) is 0 Å². The largest absolute Gasteiger partial charge is 0.323 e. The molecule has 2 amide bonds. The average molecular weight is 288 g/mol. The van der Waals surface area contributed by atoms with Gasteiger partial charge in [0.05, 0.1) is 6.04 Å². The molecule has 0 saturated carbocycles. The van der Waals surface area contributed by atoms with Gasteiger partial charge in [0.1, 0.15) is 12.1 Å². The first-order chi connectivity index (χ1) is 9.79. The van der Waals surface area contributed by atoms with Crippen molar-refractivity contribution in [2.24, 2.45) is 0 Å². The van der Waals surface area contributed by atoms with Crippen LogP contribution in [-0.4, -0.2) is 27.4 Å². The van der Waals surface area contributed by atoms with E-state index in [4.69, 9.17) is 0 Å². The molecular weight excluding hydrogens is 272 g/mol. The van der Waals surface area contributed by atoms with Crippen molar-refractivity contribution >= 4 is 23.2 Å². The van der Waals surface area contributed by atoms with Gasteiger partial charge in [-0.3, -0.25) is 5.32 Å². The van der Waals surface area contributed by atoms with E-state index in [1.807, 2.05) is 4.90 Å². The highest BCUT2D eigenvalue weighted by atomic mass is 32.1. The van der Waals surface area contributed by atoms with Crippen LogP contribution in [0, 0.1) is 0 Å². The Hall–Kier alpha value is -1.95. The number of amides is 2. The van der Waals surface area contributed by atoms with E-state index in [1.165, 1.54) is 16.8 Å². The van der Waals surface area contributed by atoms with Crippen molar-refractivity contribution in [2.45, 2.75) is 25.8 Å². The molecule has 0 spiro atoms. The molecule has 1 aliphatic heterocycles. The SMILES string of the molecule is CC[C@@H]1c2ccsc2CCN1C(=O)Nc1ccncn1. The summed E-state index contributed by atoms with van der Waals surface area (Å²) in [7, 11) is 0. The molecule has 0 bridgehead atoms. The summed E-state index contributed by atoms with van der Waals surface area (Å²) in [6.45, 7) is 2.87. The van der Waals surface area contributed by atoms with Gasteiger partial charge in [-0.05, 0) is 35.9 Å². The van der Waals surface area contributed by atoms with Gasteiger partial charge in [-0.1, -0.05) is 6.92 Å². The molecule has 6 heteroatoms. The first kappa shape index (κ1) is 13.1. The highest BCUT2D eigenvalue weighted by molar-refractivity contribution is 7.10. The Morgan fingerprint density at radius 2 is 2.45 bits per heavy atom. The number of nitrogens with one attached hydrogen (secondary N) is 1. The molecule has 0 unspecified atom stereocenters. The molecule has 1 N–H and O–H groups in total. The van der Waals surface area contributed by atoms with E-state index in [0.29, 0.717) is 5.82 Å². The average Bonchev–Trinajstić information content (AvgIpc) is 2.95. The Labute approximate surface area is 121 Å². The fraction of sp³-hybridized carbons (Fsp3) is 0.357. The first-order valence-corrected chi connectivity index (χ1v) is 7.57. The van der Waals surface area contributed by atoms with Gasteiger partial charge in [0.2, 0.25) is 0 Å². The summed E-state index contributed by atoms with van der Waals surface area (Å²) in [5, 5.41) is 4.95. The minimum Gasteiger partial charge on any atom is -0.317 e. The van der Waals surface area contributed by atoms with Crippen molar-refractivity contribution in [1.29, 1.82) is 0 Å². The number of urea groups is 1. The minimum atomic E-state index is -0.0904. The molecule has 1 aliphatic rings. The van der Waals surface area contributed by atoms with E-state index >= 15 is 0 Å². The number of fused-ring (bicyclic) bond motifs is 1. The zero-order valence-electron chi connectivity index (χ0n) is 11.2. The molecule has 5 nitrogen and oxygen atoms in total. The van der Waals surface area contributed by atoms with Gasteiger partial charge in [-0.2, -0.15) is 0 Å². The van der Waals surface area contributed by atoms with Gasteiger partial charge in [-0.25, -0.2) is 14.8 Å². The minimum absolute atomic E-state index is 0.0904. The third-order valence-corrected chi connectivity index (χ3v) is 4.56.